The predicted octanol–water partition coefficient (Wildman–Crippen LogP) is 3.36. The van der Waals surface area contributed by atoms with E-state index in [9.17, 15) is 9.90 Å². The average Bonchev–Trinajstić information content (AvgIpc) is 2.29. The fraction of sp³-hybridized carbons (Fsp3) is 0.231. The lowest BCUT2D eigenvalue weighted by Crippen LogP contribution is -2.29. The Bertz CT molecular complexity index is 593. The molecule has 0 fully saturated rings. The van der Waals surface area contributed by atoms with Gasteiger partial charge < -0.3 is 5.11 Å². The molecule has 0 unspecified atom stereocenters. The first-order valence-electron chi connectivity index (χ1n) is 5.22. The normalized spacial score (nSPS) is 11.7. The number of carboxylic acids is 1. The van der Waals surface area contributed by atoms with Gasteiger partial charge in [-0.05, 0) is 41.9 Å². The van der Waals surface area contributed by atoms with E-state index in [0.29, 0.717) is 5.69 Å². The molecule has 0 saturated carbocycles. The van der Waals surface area contributed by atoms with Crippen LogP contribution in [0.2, 0.25) is 0 Å². The summed E-state index contributed by atoms with van der Waals surface area (Å²) in [6.45, 7) is 3.31. The van der Waals surface area contributed by atoms with E-state index in [-0.39, 0.29) is 0 Å². The standard InChI is InChI=1S/C13H12BrNO2/c1-13(2,12(16)17)10-7-6-8-4-3-5-9(14)11(8)15-10/h3-7H,1-2H3,(H,16,17). The number of carboxylic acid groups (broad SMARTS) is 1. The fourth-order valence-corrected chi connectivity index (χ4v) is 2.04. The second-order valence-electron chi connectivity index (χ2n) is 4.44. The molecule has 1 aromatic carbocycles. The number of nitrogens with zero attached hydrogens (tertiary/aromatic N) is 1. The topological polar surface area (TPSA) is 50.2 Å². The Labute approximate surface area is 108 Å². The van der Waals surface area contributed by atoms with Gasteiger partial charge in [-0.25, -0.2) is 0 Å². The highest BCUT2D eigenvalue weighted by molar-refractivity contribution is 9.10. The van der Waals surface area contributed by atoms with Crippen LogP contribution < -0.4 is 0 Å². The number of halogens is 1. The van der Waals surface area contributed by atoms with Crippen molar-refractivity contribution in [3.05, 3.63) is 40.5 Å². The Morgan fingerprint density at radius 3 is 2.65 bits per heavy atom. The predicted molar refractivity (Wildman–Crippen MR) is 70.1 cm³/mol. The minimum atomic E-state index is -0.983. The van der Waals surface area contributed by atoms with Crippen LogP contribution in [-0.4, -0.2) is 16.1 Å². The lowest BCUT2D eigenvalue weighted by Gasteiger charge is -2.18. The van der Waals surface area contributed by atoms with Crippen LogP contribution in [0.4, 0.5) is 0 Å². The first kappa shape index (κ1) is 12.0. The molecular weight excluding hydrogens is 282 g/mol. The molecule has 0 saturated heterocycles. The van der Waals surface area contributed by atoms with Crippen LogP contribution in [0.25, 0.3) is 10.9 Å². The van der Waals surface area contributed by atoms with Crippen LogP contribution in [-0.2, 0) is 10.2 Å². The number of hydrogen-bond donors (Lipinski definition) is 1. The van der Waals surface area contributed by atoms with E-state index in [2.05, 4.69) is 20.9 Å². The summed E-state index contributed by atoms with van der Waals surface area (Å²) in [6, 6.07) is 9.43. The van der Waals surface area contributed by atoms with E-state index in [1.165, 1.54) is 0 Å². The summed E-state index contributed by atoms with van der Waals surface area (Å²) in [5, 5.41) is 10.2. The van der Waals surface area contributed by atoms with Gasteiger partial charge in [-0.3, -0.25) is 9.78 Å². The van der Waals surface area contributed by atoms with Crippen molar-refractivity contribution in [3.8, 4) is 0 Å². The molecule has 0 aliphatic heterocycles. The van der Waals surface area contributed by atoms with Gasteiger partial charge in [0.1, 0.15) is 5.41 Å². The molecule has 3 nitrogen and oxygen atoms in total. The third-order valence-corrected chi connectivity index (χ3v) is 3.49. The highest BCUT2D eigenvalue weighted by Gasteiger charge is 2.31. The Morgan fingerprint density at radius 1 is 1.29 bits per heavy atom. The number of rotatable bonds is 2. The van der Waals surface area contributed by atoms with Crippen molar-refractivity contribution in [1.82, 2.24) is 4.98 Å². The van der Waals surface area contributed by atoms with Crippen molar-refractivity contribution < 1.29 is 9.90 Å². The summed E-state index contributed by atoms with van der Waals surface area (Å²) in [6.07, 6.45) is 0. The molecule has 88 valence electrons. The summed E-state index contributed by atoms with van der Waals surface area (Å²) < 4.78 is 0.873. The summed E-state index contributed by atoms with van der Waals surface area (Å²) >= 11 is 3.42. The van der Waals surface area contributed by atoms with Crippen molar-refractivity contribution >= 4 is 32.8 Å². The smallest absolute Gasteiger partial charge is 0.315 e. The Kier molecular flexibility index (Phi) is 2.91. The van der Waals surface area contributed by atoms with Gasteiger partial charge in [0.2, 0.25) is 0 Å². The Morgan fingerprint density at radius 2 is 2.00 bits per heavy atom. The van der Waals surface area contributed by atoms with E-state index >= 15 is 0 Å². The van der Waals surface area contributed by atoms with Crippen molar-refractivity contribution in [2.24, 2.45) is 0 Å². The summed E-state index contributed by atoms with van der Waals surface area (Å²) in [4.78, 5) is 15.6. The molecule has 0 atom stereocenters. The zero-order valence-electron chi connectivity index (χ0n) is 9.57. The summed E-state index contributed by atoms with van der Waals surface area (Å²) in [7, 11) is 0. The van der Waals surface area contributed by atoms with E-state index < -0.39 is 11.4 Å². The molecule has 0 bridgehead atoms. The molecule has 2 aromatic rings. The van der Waals surface area contributed by atoms with Crippen molar-refractivity contribution in [2.45, 2.75) is 19.3 Å². The van der Waals surface area contributed by atoms with Crippen molar-refractivity contribution in [1.29, 1.82) is 0 Å². The highest BCUT2D eigenvalue weighted by Crippen LogP contribution is 2.27. The second-order valence-corrected chi connectivity index (χ2v) is 5.29. The van der Waals surface area contributed by atoms with Crippen LogP contribution >= 0.6 is 15.9 Å². The van der Waals surface area contributed by atoms with Gasteiger partial charge in [-0.2, -0.15) is 0 Å². The molecular formula is C13H12BrNO2. The molecule has 17 heavy (non-hydrogen) atoms. The molecule has 1 aromatic heterocycles. The number of benzene rings is 1. The highest BCUT2D eigenvalue weighted by atomic mass is 79.9. The first-order valence-corrected chi connectivity index (χ1v) is 6.01. The van der Waals surface area contributed by atoms with E-state index in [1.807, 2.05) is 24.3 Å². The van der Waals surface area contributed by atoms with Gasteiger partial charge in [0.15, 0.2) is 0 Å². The summed E-state index contributed by atoms with van der Waals surface area (Å²) in [5.41, 5.74) is 0.368. The number of pyridine rings is 1. The monoisotopic (exact) mass is 293 g/mol. The maximum atomic E-state index is 11.2. The van der Waals surface area contributed by atoms with Crippen LogP contribution in [0.5, 0.6) is 0 Å². The first-order chi connectivity index (χ1) is 7.93. The molecule has 0 spiro atoms. The van der Waals surface area contributed by atoms with Gasteiger partial charge in [-0.1, -0.05) is 18.2 Å². The minimum absolute atomic E-state index is 0.560. The van der Waals surface area contributed by atoms with Gasteiger partial charge in [0, 0.05) is 9.86 Å². The molecule has 0 amide bonds. The zero-order chi connectivity index (χ0) is 12.6. The number of aromatic nitrogens is 1. The largest absolute Gasteiger partial charge is 0.481 e. The molecule has 1 N–H and O–H groups in total. The molecule has 0 radical (unpaired) electrons. The van der Waals surface area contributed by atoms with Crippen LogP contribution in [0.1, 0.15) is 19.5 Å². The van der Waals surface area contributed by atoms with Gasteiger partial charge in [-0.15, -0.1) is 0 Å². The minimum Gasteiger partial charge on any atom is -0.481 e. The summed E-state index contributed by atoms with van der Waals surface area (Å²) in [5.74, 6) is -0.878. The van der Waals surface area contributed by atoms with Crippen LogP contribution in [0.15, 0.2) is 34.8 Å². The van der Waals surface area contributed by atoms with Gasteiger partial charge >= 0.3 is 5.97 Å². The zero-order valence-corrected chi connectivity index (χ0v) is 11.2. The SMILES string of the molecule is CC(C)(C(=O)O)c1ccc2cccc(Br)c2n1. The number of carbonyl (C=O) groups is 1. The fourth-order valence-electron chi connectivity index (χ4n) is 1.57. The number of fused-ring (bicyclic) bond motifs is 1. The van der Waals surface area contributed by atoms with Gasteiger partial charge in [0.05, 0.1) is 11.2 Å². The average molecular weight is 294 g/mol. The molecule has 1 heterocycles. The number of aliphatic carboxylic acids is 1. The molecule has 0 aliphatic carbocycles. The van der Waals surface area contributed by atoms with Crippen molar-refractivity contribution in [2.75, 3.05) is 0 Å². The Balaban J connectivity index is 2.66. The maximum Gasteiger partial charge on any atom is 0.315 e. The molecule has 4 heteroatoms. The van der Waals surface area contributed by atoms with Crippen LogP contribution in [0.3, 0.4) is 0 Å². The lowest BCUT2D eigenvalue weighted by atomic mass is 9.89. The Hall–Kier alpha value is -1.42. The van der Waals surface area contributed by atoms with E-state index in [0.717, 1.165) is 15.4 Å². The van der Waals surface area contributed by atoms with E-state index in [1.54, 1.807) is 19.9 Å². The quantitative estimate of drug-likeness (QED) is 0.924. The van der Waals surface area contributed by atoms with Crippen molar-refractivity contribution in [3.63, 3.8) is 0 Å². The number of hydrogen-bond acceptors (Lipinski definition) is 2. The maximum absolute atomic E-state index is 11.2. The molecule has 2 rings (SSSR count). The lowest BCUT2D eigenvalue weighted by molar-refractivity contribution is -0.142. The second kappa shape index (κ2) is 4.11. The third kappa shape index (κ3) is 2.05. The number of para-hydroxylation sites is 1. The molecule has 0 aliphatic rings. The third-order valence-electron chi connectivity index (χ3n) is 2.85. The van der Waals surface area contributed by atoms with Crippen LogP contribution in [0, 0.1) is 0 Å². The van der Waals surface area contributed by atoms with Gasteiger partial charge in [0.25, 0.3) is 0 Å². The van der Waals surface area contributed by atoms with E-state index in [4.69, 9.17) is 0 Å².